The molecule has 0 atom stereocenters. The van der Waals surface area contributed by atoms with Gasteiger partial charge in [-0.25, -0.2) is 4.39 Å². The van der Waals surface area contributed by atoms with Crippen LogP contribution in [0.5, 0.6) is 0 Å². The van der Waals surface area contributed by atoms with E-state index in [0.29, 0.717) is 19.6 Å². The highest BCUT2D eigenvalue weighted by Crippen LogP contribution is 2.34. The summed E-state index contributed by atoms with van der Waals surface area (Å²) in [6, 6.07) is 2.15. The zero-order valence-electron chi connectivity index (χ0n) is 11.8. The largest absolute Gasteiger partial charge is 0.366 e. The van der Waals surface area contributed by atoms with Gasteiger partial charge in [0, 0.05) is 25.2 Å². The summed E-state index contributed by atoms with van der Waals surface area (Å²) in [5, 5.41) is 10.9. The molecule has 7 heteroatoms. The van der Waals surface area contributed by atoms with Crippen LogP contribution in [0.3, 0.4) is 0 Å². The third kappa shape index (κ3) is 3.80. The fraction of sp³-hybridized carbons (Fsp3) is 0.538. The van der Waals surface area contributed by atoms with Crippen LogP contribution in [0.4, 0.5) is 15.8 Å². The molecule has 0 aliphatic carbocycles. The van der Waals surface area contributed by atoms with Gasteiger partial charge < -0.3 is 10.6 Å². The van der Waals surface area contributed by atoms with Crippen LogP contribution in [0.1, 0.15) is 20.8 Å². The molecule has 0 aliphatic heterocycles. The molecule has 5 nitrogen and oxygen atoms in total. The van der Waals surface area contributed by atoms with Gasteiger partial charge in [-0.2, -0.15) is 0 Å². The highest BCUT2D eigenvalue weighted by atomic mass is 35.5. The minimum atomic E-state index is -0.670. The van der Waals surface area contributed by atoms with Crippen molar-refractivity contribution >= 4 is 23.0 Å². The standard InChI is InChI=1S/C13H19ClFN3O2/c1-4-17(8-13(2,3)7-16)11-6-10(15)9(14)5-12(11)18(19)20/h5-6H,4,7-8,16H2,1-3H3. The van der Waals surface area contributed by atoms with E-state index in [-0.39, 0.29) is 21.8 Å². The monoisotopic (exact) mass is 303 g/mol. The zero-order valence-corrected chi connectivity index (χ0v) is 12.6. The third-order valence-electron chi connectivity index (χ3n) is 3.11. The Bertz CT molecular complexity index is 509. The molecule has 20 heavy (non-hydrogen) atoms. The maximum Gasteiger partial charge on any atom is 0.294 e. The van der Waals surface area contributed by atoms with Crippen LogP contribution in [0.15, 0.2) is 12.1 Å². The summed E-state index contributed by atoms with van der Waals surface area (Å²) in [7, 11) is 0. The molecule has 1 rings (SSSR count). The Morgan fingerprint density at radius 3 is 2.55 bits per heavy atom. The van der Waals surface area contributed by atoms with Crippen molar-refractivity contribution in [2.45, 2.75) is 20.8 Å². The van der Waals surface area contributed by atoms with E-state index in [1.165, 1.54) is 0 Å². The fourth-order valence-electron chi connectivity index (χ4n) is 1.87. The summed E-state index contributed by atoms with van der Waals surface area (Å²) >= 11 is 5.62. The van der Waals surface area contributed by atoms with Gasteiger partial charge in [0.25, 0.3) is 5.69 Å². The van der Waals surface area contributed by atoms with Crippen molar-refractivity contribution in [3.05, 3.63) is 33.1 Å². The molecule has 0 spiro atoms. The van der Waals surface area contributed by atoms with Crippen LogP contribution < -0.4 is 10.6 Å². The lowest BCUT2D eigenvalue weighted by Crippen LogP contribution is -2.39. The van der Waals surface area contributed by atoms with Crippen molar-refractivity contribution in [2.24, 2.45) is 11.1 Å². The lowest BCUT2D eigenvalue weighted by atomic mass is 9.93. The lowest BCUT2D eigenvalue weighted by molar-refractivity contribution is -0.384. The second-order valence-electron chi connectivity index (χ2n) is 5.39. The Balaban J connectivity index is 3.27. The molecule has 1 aromatic rings. The third-order valence-corrected chi connectivity index (χ3v) is 3.40. The minimum absolute atomic E-state index is 0.203. The first-order valence-corrected chi connectivity index (χ1v) is 6.68. The summed E-state index contributed by atoms with van der Waals surface area (Å²) in [4.78, 5) is 12.3. The summed E-state index contributed by atoms with van der Waals surface area (Å²) < 4.78 is 13.6. The van der Waals surface area contributed by atoms with Gasteiger partial charge in [-0.05, 0) is 18.9 Å². The Hall–Kier alpha value is -1.40. The zero-order chi connectivity index (χ0) is 15.5. The van der Waals surface area contributed by atoms with Crippen molar-refractivity contribution in [3.8, 4) is 0 Å². The van der Waals surface area contributed by atoms with Gasteiger partial charge >= 0.3 is 0 Å². The molecular formula is C13H19ClFN3O2. The van der Waals surface area contributed by atoms with Crippen molar-refractivity contribution in [1.82, 2.24) is 0 Å². The molecule has 0 saturated heterocycles. The molecule has 112 valence electrons. The number of nitrogens with zero attached hydrogens (tertiary/aromatic N) is 2. The van der Waals surface area contributed by atoms with Gasteiger partial charge in [0.1, 0.15) is 11.5 Å². The predicted molar refractivity (Wildman–Crippen MR) is 78.8 cm³/mol. The topological polar surface area (TPSA) is 72.4 Å². The highest BCUT2D eigenvalue weighted by molar-refractivity contribution is 6.31. The van der Waals surface area contributed by atoms with Crippen molar-refractivity contribution in [3.63, 3.8) is 0 Å². The summed E-state index contributed by atoms with van der Waals surface area (Å²) in [6.45, 7) is 7.17. The van der Waals surface area contributed by atoms with E-state index in [0.717, 1.165) is 12.1 Å². The summed E-state index contributed by atoms with van der Waals surface area (Å²) in [5.74, 6) is -0.670. The van der Waals surface area contributed by atoms with Crippen LogP contribution in [-0.2, 0) is 0 Å². The molecule has 0 aromatic heterocycles. The number of benzene rings is 1. The second-order valence-corrected chi connectivity index (χ2v) is 5.80. The van der Waals surface area contributed by atoms with Gasteiger partial charge in [-0.3, -0.25) is 10.1 Å². The number of rotatable bonds is 6. The SMILES string of the molecule is CCN(CC(C)(C)CN)c1cc(F)c(Cl)cc1[N+](=O)[O-]. The van der Waals surface area contributed by atoms with Crippen molar-refractivity contribution < 1.29 is 9.31 Å². The van der Waals surface area contributed by atoms with E-state index in [2.05, 4.69) is 0 Å². The molecule has 0 radical (unpaired) electrons. The van der Waals surface area contributed by atoms with Gasteiger partial charge in [0.15, 0.2) is 0 Å². The molecule has 0 amide bonds. The van der Waals surface area contributed by atoms with Crippen LogP contribution in [0.25, 0.3) is 0 Å². The minimum Gasteiger partial charge on any atom is -0.366 e. The van der Waals surface area contributed by atoms with E-state index in [9.17, 15) is 14.5 Å². The Labute approximate surface area is 122 Å². The molecule has 0 unspecified atom stereocenters. The normalized spacial score (nSPS) is 11.5. The Morgan fingerprint density at radius 1 is 1.50 bits per heavy atom. The van der Waals surface area contributed by atoms with E-state index in [1.54, 1.807) is 4.90 Å². The molecule has 0 bridgehead atoms. The smallest absolute Gasteiger partial charge is 0.294 e. The maximum atomic E-state index is 13.6. The van der Waals surface area contributed by atoms with Crippen LogP contribution >= 0.6 is 11.6 Å². The van der Waals surface area contributed by atoms with Crippen LogP contribution in [0, 0.1) is 21.3 Å². The number of nitro groups is 1. The number of hydrogen-bond donors (Lipinski definition) is 1. The van der Waals surface area contributed by atoms with Gasteiger partial charge in [0.05, 0.1) is 9.95 Å². The molecule has 0 heterocycles. The molecule has 0 aliphatic rings. The number of hydrogen-bond acceptors (Lipinski definition) is 4. The fourth-order valence-corrected chi connectivity index (χ4v) is 2.03. The van der Waals surface area contributed by atoms with E-state index >= 15 is 0 Å². The first-order chi connectivity index (χ1) is 9.21. The van der Waals surface area contributed by atoms with E-state index in [4.69, 9.17) is 17.3 Å². The molecule has 2 N–H and O–H groups in total. The number of halogens is 2. The molecule has 1 aromatic carbocycles. The maximum absolute atomic E-state index is 13.6. The first-order valence-electron chi connectivity index (χ1n) is 6.30. The average Bonchev–Trinajstić information content (AvgIpc) is 2.38. The number of nitro benzene ring substituents is 1. The summed E-state index contributed by atoms with van der Waals surface area (Å²) in [6.07, 6.45) is 0. The van der Waals surface area contributed by atoms with Crippen molar-refractivity contribution in [1.29, 1.82) is 0 Å². The molecular weight excluding hydrogens is 285 g/mol. The van der Waals surface area contributed by atoms with Crippen LogP contribution in [0.2, 0.25) is 5.02 Å². The quantitative estimate of drug-likeness (QED) is 0.647. The van der Waals surface area contributed by atoms with Gasteiger partial charge in [-0.15, -0.1) is 0 Å². The van der Waals surface area contributed by atoms with E-state index < -0.39 is 10.7 Å². The van der Waals surface area contributed by atoms with Gasteiger partial charge in [-0.1, -0.05) is 25.4 Å². The lowest BCUT2D eigenvalue weighted by Gasteiger charge is -2.32. The first kappa shape index (κ1) is 16.7. The number of nitrogens with two attached hydrogens (primary N) is 1. The van der Waals surface area contributed by atoms with Gasteiger partial charge in [0.2, 0.25) is 0 Å². The predicted octanol–water partition coefficient (Wildman–Crippen LogP) is 3.20. The average molecular weight is 304 g/mol. The van der Waals surface area contributed by atoms with Crippen LogP contribution in [-0.4, -0.2) is 24.6 Å². The van der Waals surface area contributed by atoms with E-state index in [1.807, 2.05) is 20.8 Å². The Kier molecular flexibility index (Phi) is 5.30. The Morgan fingerprint density at radius 2 is 2.10 bits per heavy atom. The molecule has 0 fully saturated rings. The highest BCUT2D eigenvalue weighted by Gasteiger charge is 2.26. The number of anilines is 1. The van der Waals surface area contributed by atoms with Crippen molar-refractivity contribution in [2.75, 3.05) is 24.5 Å². The second kappa shape index (κ2) is 6.37. The summed E-state index contributed by atoms with van der Waals surface area (Å²) in [5.41, 5.74) is 5.47. The molecule has 0 saturated carbocycles.